The lowest BCUT2D eigenvalue weighted by atomic mass is 10.2. The highest BCUT2D eigenvalue weighted by molar-refractivity contribution is 7.89. The number of ether oxygens (including phenoxy) is 1. The van der Waals surface area contributed by atoms with Crippen LogP contribution in [0.4, 0.5) is 0 Å². The van der Waals surface area contributed by atoms with E-state index in [9.17, 15) is 8.42 Å². The Morgan fingerprint density at radius 2 is 2.17 bits per heavy atom. The van der Waals surface area contributed by atoms with Gasteiger partial charge in [-0.3, -0.25) is 0 Å². The molecule has 0 radical (unpaired) electrons. The van der Waals surface area contributed by atoms with E-state index in [1.54, 1.807) is 12.1 Å². The molecule has 3 rings (SSSR count). The number of hydrogen-bond acceptors (Lipinski definition) is 6. The van der Waals surface area contributed by atoms with Crippen molar-refractivity contribution in [1.29, 1.82) is 0 Å². The molecule has 0 amide bonds. The van der Waals surface area contributed by atoms with Crippen molar-refractivity contribution in [2.45, 2.75) is 30.8 Å². The van der Waals surface area contributed by atoms with Gasteiger partial charge in [-0.15, -0.1) is 0 Å². The zero-order valence-corrected chi connectivity index (χ0v) is 14.9. The molecular weight excluding hydrogens is 354 g/mol. The van der Waals surface area contributed by atoms with E-state index < -0.39 is 16.1 Å². The lowest BCUT2D eigenvalue weighted by molar-refractivity contribution is -0.00859. The third kappa shape index (κ3) is 3.46. The van der Waals surface area contributed by atoms with E-state index in [0.717, 1.165) is 0 Å². The van der Waals surface area contributed by atoms with Crippen LogP contribution in [0.25, 0.3) is 0 Å². The fourth-order valence-corrected chi connectivity index (χ4v) is 4.12. The second kappa shape index (κ2) is 6.79. The average Bonchev–Trinajstić information content (AvgIpc) is 3.05. The van der Waals surface area contributed by atoms with Gasteiger partial charge in [0.1, 0.15) is 6.10 Å². The van der Waals surface area contributed by atoms with Crippen LogP contribution >= 0.6 is 11.6 Å². The Kier molecular flexibility index (Phi) is 4.91. The molecule has 2 aromatic rings. The molecule has 0 bridgehead atoms. The molecule has 1 aromatic carbocycles. The molecular formula is C15H18ClN3O4S. The number of rotatable bonds is 4. The molecule has 24 heavy (non-hydrogen) atoms. The van der Waals surface area contributed by atoms with Crippen molar-refractivity contribution >= 4 is 21.6 Å². The predicted octanol–water partition coefficient (Wildman–Crippen LogP) is 2.61. The van der Waals surface area contributed by atoms with Gasteiger partial charge in [0.2, 0.25) is 21.7 Å². The van der Waals surface area contributed by atoms with Gasteiger partial charge >= 0.3 is 0 Å². The summed E-state index contributed by atoms with van der Waals surface area (Å²) in [6.45, 7) is 4.53. The summed E-state index contributed by atoms with van der Waals surface area (Å²) in [4.78, 5) is 4.45. The standard InChI is InChI=1S/C15H18ClN3O4S/c1-10(2)15-17-14(18-23-15)13-9-19(6-7-22-13)24(20,21)12-5-3-4-11(16)8-12/h3-5,8,10,13H,6-7,9H2,1-2H3/t13-/m0/s1. The molecule has 1 aliphatic heterocycles. The molecule has 130 valence electrons. The lowest BCUT2D eigenvalue weighted by Gasteiger charge is -2.30. The molecule has 1 atom stereocenters. The summed E-state index contributed by atoms with van der Waals surface area (Å²) in [6.07, 6.45) is -0.552. The Morgan fingerprint density at radius 3 is 2.83 bits per heavy atom. The van der Waals surface area contributed by atoms with E-state index in [-0.39, 0.29) is 30.5 Å². The Balaban J connectivity index is 1.82. The minimum absolute atomic E-state index is 0.0983. The minimum atomic E-state index is -3.65. The van der Waals surface area contributed by atoms with E-state index >= 15 is 0 Å². The molecule has 7 nitrogen and oxygen atoms in total. The monoisotopic (exact) mass is 371 g/mol. The smallest absolute Gasteiger partial charge is 0.243 e. The Bertz CT molecular complexity index is 822. The van der Waals surface area contributed by atoms with Crippen molar-refractivity contribution in [3.05, 3.63) is 41.0 Å². The van der Waals surface area contributed by atoms with E-state index in [2.05, 4.69) is 10.1 Å². The van der Waals surface area contributed by atoms with Crippen LogP contribution in [0.5, 0.6) is 0 Å². The van der Waals surface area contributed by atoms with Gasteiger partial charge in [0.05, 0.1) is 11.5 Å². The van der Waals surface area contributed by atoms with Crippen molar-refractivity contribution in [2.75, 3.05) is 19.7 Å². The van der Waals surface area contributed by atoms with Crippen molar-refractivity contribution in [1.82, 2.24) is 14.4 Å². The average molecular weight is 372 g/mol. The maximum atomic E-state index is 12.8. The van der Waals surface area contributed by atoms with Crippen LogP contribution in [0, 0.1) is 0 Å². The molecule has 1 aliphatic rings. The van der Waals surface area contributed by atoms with Crippen molar-refractivity contribution in [3.63, 3.8) is 0 Å². The van der Waals surface area contributed by atoms with Gasteiger partial charge in [-0.25, -0.2) is 8.42 Å². The molecule has 1 fully saturated rings. The summed E-state index contributed by atoms with van der Waals surface area (Å²) in [5.74, 6) is 0.967. The zero-order chi connectivity index (χ0) is 17.3. The fraction of sp³-hybridized carbons (Fsp3) is 0.467. The number of hydrogen-bond donors (Lipinski definition) is 0. The Labute approximate surface area is 145 Å². The normalized spacial score (nSPS) is 19.8. The SMILES string of the molecule is CC(C)c1nc([C@@H]2CN(S(=O)(=O)c3cccc(Cl)c3)CCO2)no1. The number of halogens is 1. The molecule has 1 aromatic heterocycles. The maximum absolute atomic E-state index is 12.8. The van der Waals surface area contributed by atoms with Gasteiger partial charge < -0.3 is 9.26 Å². The van der Waals surface area contributed by atoms with E-state index in [0.29, 0.717) is 16.7 Å². The minimum Gasteiger partial charge on any atom is -0.367 e. The first-order chi connectivity index (χ1) is 11.4. The summed E-state index contributed by atoms with van der Waals surface area (Å²) in [5, 5.41) is 4.29. The van der Waals surface area contributed by atoms with Gasteiger partial charge in [0.25, 0.3) is 0 Å². The van der Waals surface area contributed by atoms with E-state index in [1.807, 2.05) is 13.8 Å². The van der Waals surface area contributed by atoms with Gasteiger partial charge in [0.15, 0.2) is 0 Å². The molecule has 0 aliphatic carbocycles. The number of nitrogens with zero attached hydrogens (tertiary/aromatic N) is 3. The van der Waals surface area contributed by atoms with Crippen molar-refractivity contribution in [2.24, 2.45) is 0 Å². The number of morpholine rings is 1. The third-order valence-electron chi connectivity index (χ3n) is 3.70. The zero-order valence-electron chi connectivity index (χ0n) is 13.3. The highest BCUT2D eigenvalue weighted by atomic mass is 35.5. The highest BCUT2D eigenvalue weighted by Gasteiger charge is 2.33. The number of sulfonamides is 1. The molecule has 0 unspecified atom stereocenters. The van der Waals surface area contributed by atoms with Crippen LogP contribution in [0.15, 0.2) is 33.7 Å². The lowest BCUT2D eigenvalue weighted by Crippen LogP contribution is -2.42. The summed E-state index contributed by atoms with van der Waals surface area (Å²) in [5.41, 5.74) is 0. The van der Waals surface area contributed by atoms with Crippen LogP contribution < -0.4 is 0 Å². The largest absolute Gasteiger partial charge is 0.367 e. The maximum Gasteiger partial charge on any atom is 0.243 e. The molecule has 2 heterocycles. The second-order valence-corrected chi connectivity index (χ2v) is 8.20. The second-order valence-electron chi connectivity index (χ2n) is 5.83. The topological polar surface area (TPSA) is 85.5 Å². The summed E-state index contributed by atoms with van der Waals surface area (Å²) in [6, 6.07) is 6.21. The van der Waals surface area contributed by atoms with Gasteiger partial charge in [-0.2, -0.15) is 9.29 Å². The Hall–Kier alpha value is -1.48. The first-order valence-corrected chi connectivity index (χ1v) is 9.40. The van der Waals surface area contributed by atoms with Crippen LogP contribution in [0.3, 0.4) is 0 Å². The molecule has 9 heteroatoms. The van der Waals surface area contributed by atoms with Crippen LogP contribution in [-0.2, 0) is 14.8 Å². The summed E-state index contributed by atoms with van der Waals surface area (Å²) < 4.78 is 37.7. The predicted molar refractivity (Wildman–Crippen MR) is 87.3 cm³/mol. The molecule has 0 saturated carbocycles. The molecule has 0 spiro atoms. The van der Waals surface area contributed by atoms with Gasteiger partial charge in [-0.05, 0) is 18.2 Å². The number of aromatic nitrogens is 2. The fourth-order valence-electron chi connectivity index (χ4n) is 2.39. The van der Waals surface area contributed by atoms with Crippen LogP contribution in [0.2, 0.25) is 5.02 Å². The number of benzene rings is 1. The third-order valence-corrected chi connectivity index (χ3v) is 5.80. The molecule has 1 saturated heterocycles. The van der Waals surface area contributed by atoms with Crippen LogP contribution in [0.1, 0.15) is 37.6 Å². The first-order valence-electron chi connectivity index (χ1n) is 7.59. The Morgan fingerprint density at radius 1 is 1.38 bits per heavy atom. The van der Waals surface area contributed by atoms with Gasteiger partial charge in [0, 0.05) is 24.0 Å². The van der Waals surface area contributed by atoms with Crippen molar-refractivity contribution in [3.8, 4) is 0 Å². The van der Waals surface area contributed by atoms with Crippen LogP contribution in [-0.4, -0.2) is 42.6 Å². The summed E-state index contributed by atoms with van der Waals surface area (Å²) in [7, 11) is -3.65. The highest BCUT2D eigenvalue weighted by Crippen LogP contribution is 2.27. The first kappa shape index (κ1) is 17.3. The molecule has 0 N–H and O–H groups in total. The van der Waals surface area contributed by atoms with E-state index in [4.69, 9.17) is 20.9 Å². The van der Waals surface area contributed by atoms with Gasteiger partial charge in [-0.1, -0.05) is 36.7 Å². The quantitative estimate of drug-likeness (QED) is 0.821. The van der Waals surface area contributed by atoms with Crippen molar-refractivity contribution < 1.29 is 17.7 Å². The summed E-state index contributed by atoms with van der Waals surface area (Å²) >= 11 is 5.91. The van der Waals surface area contributed by atoms with E-state index in [1.165, 1.54) is 16.4 Å².